The summed E-state index contributed by atoms with van der Waals surface area (Å²) in [6.45, 7) is -0.224. The van der Waals surface area contributed by atoms with Crippen molar-refractivity contribution >= 4 is 28.6 Å². The number of aldehydes is 1. The fourth-order valence-corrected chi connectivity index (χ4v) is 2.93. The molecule has 0 aromatic heterocycles. The van der Waals surface area contributed by atoms with Crippen molar-refractivity contribution in [3.8, 4) is 0 Å². The second-order valence-electron chi connectivity index (χ2n) is 6.01. The minimum atomic E-state index is -5.32. The number of aliphatic hydroxyl groups is 4. The highest BCUT2D eigenvalue weighted by molar-refractivity contribution is 7.80. The van der Waals surface area contributed by atoms with Gasteiger partial charge in [0.2, 0.25) is 18.0 Å². The van der Waals surface area contributed by atoms with Crippen molar-refractivity contribution in [2.24, 2.45) is 0 Å². The first-order valence-electron chi connectivity index (χ1n) is 8.11. The van der Waals surface area contributed by atoms with Crippen molar-refractivity contribution in [3.05, 3.63) is 11.8 Å². The fraction of sp³-hybridized carbons (Fsp3) is 0.643. The Bertz CT molecular complexity index is 767. The number of hydrogen-bond acceptors (Lipinski definition) is 12. The van der Waals surface area contributed by atoms with Crippen molar-refractivity contribution in [1.29, 1.82) is 0 Å². The molecule has 0 radical (unpaired) electrons. The summed E-state index contributed by atoms with van der Waals surface area (Å²) in [5.74, 6) is -3.41. The van der Waals surface area contributed by atoms with E-state index in [1.54, 1.807) is 0 Å². The molecule has 172 valence electrons. The monoisotopic (exact) mass is 459 g/mol. The Morgan fingerprint density at radius 2 is 1.93 bits per heavy atom. The van der Waals surface area contributed by atoms with Gasteiger partial charge in [-0.05, 0) is 6.08 Å². The van der Waals surface area contributed by atoms with Gasteiger partial charge in [-0.15, -0.1) is 0 Å². The number of rotatable bonds is 11. The summed E-state index contributed by atoms with van der Waals surface area (Å²) in [7, 11) is -5.32. The van der Waals surface area contributed by atoms with Crippen LogP contribution in [0.3, 0.4) is 0 Å². The summed E-state index contributed by atoms with van der Waals surface area (Å²) < 4.78 is 45.5. The van der Waals surface area contributed by atoms with E-state index in [0.717, 1.165) is 6.92 Å². The molecule has 30 heavy (non-hydrogen) atoms. The van der Waals surface area contributed by atoms with Crippen LogP contribution in [0.4, 0.5) is 0 Å². The second-order valence-corrected chi connectivity index (χ2v) is 7.05. The molecule has 1 heterocycles. The number of carboxylic acid groups (broad SMARTS) is 1. The Kier molecular flexibility index (Phi) is 9.25. The minimum Gasteiger partial charge on any atom is -0.475 e. The van der Waals surface area contributed by atoms with Crippen LogP contribution in [0.5, 0.6) is 0 Å². The number of ether oxygens (including phenoxy) is 2. The zero-order valence-corrected chi connectivity index (χ0v) is 16.1. The van der Waals surface area contributed by atoms with Crippen LogP contribution in [0, 0.1) is 0 Å². The summed E-state index contributed by atoms with van der Waals surface area (Å²) in [5, 5.41) is 49.8. The molecule has 7 atom stereocenters. The van der Waals surface area contributed by atoms with Gasteiger partial charge >= 0.3 is 16.4 Å². The number of carboxylic acids is 1. The molecule has 16 heteroatoms. The van der Waals surface area contributed by atoms with Gasteiger partial charge in [0, 0.05) is 6.92 Å². The number of nitrogens with one attached hydrogen (secondary N) is 1. The number of carbonyl (C=O) groups is 3. The first kappa shape index (κ1) is 25.9. The number of carbonyl (C=O) groups excluding carboxylic acids is 2. The number of aliphatic carboxylic acids is 1. The van der Waals surface area contributed by atoms with Crippen LogP contribution in [-0.4, -0.2) is 106 Å². The summed E-state index contributed by atoms with van der Waals surface area (Å²) in [4.78, 5) is 33.9. The zero-order valence-electron chi connectivity index (χ0n) is 15.3. The number of amides is 1. The van der Waals surface area contributed by atoms with Gasteiger partial charge in [-0.2, -0.15) is 8.42 Å². The maximum Gasteiger partial charge on any atom is 0.397 e. The lowest BCUT2D eigenvalue weighted by Gasteiger charge is -2.37. The SMILES string of the molecule is CC(=O)N[C@@H](C=O)[C@@H](O[C@@H]1OC(C(=O)O)=C[C@H](O)[C@H]1O)[C@@H](OS(=O)(=O)O)[C@H](O)CO. The predicted molar refractivity (Wildman–Crippen MR) is 90.7 cm³/mol. The van der Waals surface area contributed by atoms with Crippen molar-refractivity contribution in [3.63, 3.8) is 0 Å². The second kappa shape index (κ2) is 10.7. The zero-order chi connectivity index (χ0) is 23.2. The smallest absolute Gasteiger partial charge is 0.397 e. The normalized spacial score (nSPS) is 25.8. The van der Waals surface area contributed by atoms with E-state index in [4.69, 9.17) is 24.2 Å². The first-order valence-corrected chi connectivity index (χ1v) is 9.47. The van der Waals surface area contributed by atoms with E-state index in [9.17, 15) is 38.1 Å². The molecule has 0 unspecified atom stereocenters. The summed E-state index contributed by atoms with van der Waals surface area (Å²) >= 11 is 0. The van der Waals surface area contributed by atoms with E-state index in [0.29, 0.717) is 6.08 Å². The van der Waals surface area contributed by atoms with Crippen LogP contribution in [0.2, 0.25) is 0 Å². The summed E-state index contributed by atoms with van der Waals surface area (Å²) in [6.07, 6.45) is -11.7. The Morgan fingerprint density at radius 1 is 1.33 bits per heavy atom. The Balaban J connectivity index is 3.37. The maximum absolute atomic E-state index is 11.5. The Hall–Kier alpha value is -2.18. The van der Waals surface area contributed by atoms with Crippen LogP contribution < -0.4 is 5.32 Å². The van der Waals surface area contributed by atoms with Crippen LogP contribution in [0.1, 0.15) is 6.92 Å². The highest BCUT2D eigenvalue weighted by Gasteiger charge is 2.44. The van der Waals surface area contributed by atoms with E-state index in [-0.39, 0.29) is 6.29 Å². The minimum absolute atomic E-state index is 0.0100. The molecule has 1 aliphatic rings. The van der Waals surface area contributed by atoms with Crippen LogP contribution >= 0.6 is 0 Å². The van der Waals surface area contributed by atoms with Crippen LogP contribution in [-0.2, 0) is 38.4 Å². The van der Waals surface area contributed by atoms with E-state index >= 15 is 0 Å². The molecule has 0 aromatic rings. The Labute approximate surface area is 169 Å². The largest absolute Gasteiger partial charge is 0.475 e. The van der Waals surface area contributed by atoms with E-state index in [1.165, 1.54) is 0 Å². The fourth-order valence-electron chi connectivity index (χ4n) is 2.41. The van der Waals surface area contributed by atoms with Gasteiger partial charge in [0.25, 0.3) is 0 Å². The van der Waals surface area contributed by atoms with Gasteiger partial charge in [-0.1, -0.05) is 0 Å². The molecule has 0 saturated heterocycles. The average molecular weight is 459 g/mol. The third-order valence-electron chi connectivity index (χ3n) is 3.69. The first-order chi connectivity index (χ1) is 13.8. The molecule has 0 bridgehead atoms. The van der Waals surface area contributed by atoms with Gasteiger partial charge in [0.15, 0.2) is 0 Å². The van der Waals surface area contributed by atoms with Crippen molar-refractivity contribution in [1.82, 2.24) is 5.32 Å². The molecule has 7 N–H and O–H groups in total. The third-order valence-corrected chi connectivity index (χ3v) is 4.15. The van der Waals surface area contributed by atoms with Crippen LogP contribution in [0.15, 0.2) is 11.8 Å². The van der Waals surface area contributed by atoms with Gasteiger partial charge < -0.3 is 45.1 Å². The molecule has 0 saturated carbocycles. The molecule has 0 spiro atoms. The highest BCUT2D eigenvalue weighted by Crippen LogP contribution is 2.24. The molecule has 15 nitrogen and oxygen atoms in total. The van der Waals surface area contributed by atoms with Gasteiger partial charge in [0.05, 0.1) is 6.61 Å². The van der Waals surface area contributed by atoms with Crippen molar-refractivity contribution in [2.75, 3.05) is 6.61 Å². The molecule has 0 aliphatic carbocycles. The predicted octanol–water partition coefficient (Wildman–Crippen LogP) is -4.34. The van der Waals surface area contributed by atoms with Crippen molar-refractivity contribution < 1.29 is 66.5 Å². The summed E-state index contributed by atoms with van der Waals surface area (Å²) in [6, 6.07) is -1.82. The van der Waals surface area contributed by atoms with Gasteiger partial charge in [-0.25, -0.2) is 8.98 Å². The standard InChI is InChI=1S/C14H21NO14S/c1-5(18)15-6(3-16)11(12(8(20)4-17)29-30(24,25)26)28-14-10(21)7(19)2-9(27-14)13(22)23/h2-3,6-8,10-12,14,17,19-21H,4H2,1H3,(H,15,18)(H,22,23)(H,24,25,26)/t6-,7-,8+,10+,11+,12-,14-/m0/s1. The topological polar surface area (TPSA) is 246 Å². The van der Waals surface area contributed by atoms with Crippen molar-refractivity contribution in [2.45, 2.75) is 49.8 Å². The quantitative estimate of drug-likeness (QED) is 0.114. The lowest BCUT2D eigenvalue weighted by molar-refractivity contribution is -0.245. The van der Waals surface area contributed by atoms with Gasteiger partial charge in [0.1, 0.15) is 42.8 Å². The molecule has 1 amide bonds. The van der Waals surface area contributed by atoms with E-state index in [2.05, 4.69) is 4.18 Å². The number of aliphatic hydroxyl groups excluding tert-OH is 4. The molecule has 0 fully saturated rings. The summed E-state index contributed by atoms with van der Waals surface area (Å²) in [5.41, 5.74) is 0. The number of hydrogen-bond donors (Lipinski definition) is 7. The average Bonchev–Trinajstić information content (AvgIpc) is 2.63. The Morgan fingerprint density at radius 3 is 2.37 bits per heavy atom. The van der Waals surface area contributed by atoms with Gasteiger partial charge in [-0.3, -0.25) is 9.35 Å². The van der Waals surface area contributed by atoms with E-state index in [1.807, 2.05) is 5.32 Å². The molecular weight excluding hydrogens is 438 g/mol. The van der Waals surface area contributed by atoms with Crippen LogP contribution in [0.25, 0.3) is 0 Å². The molecule has 0 aromatic carbocycles. The molecule has 1 rings (SSSR count). The van der Waals surface area contributed by atoms with E-state index < -0.39 is 77.5 Å². The lowest BCUT2D eigenvalue weighted by Crippen LogP contribution is -2.58. The third kappa shape index (κ3) is 7.26. The molecule has 1 aliphatic heterocycles. The maximum atomic E-state index is 11.5. The molecular formula is C14H21NO14S. The highest BCUT2D eigenvalue weighted by atomic mass is 32.3. The lowest BCUT2D eigenvalue weighted by atomic mass is 10.0.